The first-order valence-electron chi connectivity index (χ1n) is 17.8. The van der Waals surface area contributed by atoms with E-state index in [0.29, 0.717) is 19.4 Å². The molecule has 0 heterocycles. The second kappa shape index (κ2) is 36.0. The van der Waals surface area contributed by atoms with Crippen molar-refractivity contribution in [2.45, 2.75) is 207 Å². The molecule has 0 aliphatic heterocycles. The fraction of sp³-hybridized carbons (Fsp3) is 0.944. The lowest BCUT2D eigenvalue weighted by Gasteiger charge is -2.06. The van der Waals surface area contributed by atoms with E-state index in [9.17, 15) is 9.59 Å². The summed E-state index contributed by atoms with van der Waals surface area (Å²) in [5.41, 5.74) is 0. The molecule has 0 aromatic rings. The lowest BCUT2D eigenvalue weighted by atomic mass is 10.0. The standard InChI is InChI=1S/C20H40O2.C16H32O2/c1-4-5-6-7-8-9-10-11-14-17-20(21)22-18-15-12-13-16-19(2)3;1-2-3-4-5-6-7-8-9-10-11-12-13-14-15-16(17)18/h19H,4-18H2,1-3H3;2-15H2,1H3,(H,17,18). The SMILES string of the molecule is CCCCCCCCCCCC(=O)OCCCCCC(C)C.CCCCCCCCCCCCCCCC(=O)O. The van der Waals surface area contributed by atoms with Gasteiger partial charge in [0, 0.05) is 12.8 Å². The molecule has 1 N–H and O–H groups in total. The normalized spacial score (nSPS) is 10.9. The molecule has 0 aliphatic carbocycles. The van der Waals surface area contributed by atoms with Gasteiger partial charge in [-0.1, -0.05) is 175 Å². The molecule has 0 unspecified atom stereocenters. The second-order valence-electron chi connectivity index (χ2n) is 12.4. The van der Waals surface area contributed by atoms with Crippen LogP contribution in [0.4, 0.5) is 0 Å². The van der Waals surface area contributed by atoms with Gasteiger partial charge in [0.1, 0.15) is 0 Å². The van der Waals surface area contributed by atoms with Gasteiger partial charge in [-0.3, -0.25) is 9.59 Å². The highest BCUT2D eigenvalue weighted by molar-refractivity contribution is 5.69. The van der Waals surface area contributed by atoms with E-state index >= 15 is 0 Å². The number of esters is 1. The smallest absolute Gasteiger partial charge is 0.305 e. The Bertz CT molecular complexity index is 503. The van der Waals surface area contributed by atoms with Gasteiger partial charge in [-0.2, -0.15) is 0 Å². The summed E-state index contributed by atoms with van der Waals surface area (Å²) in [6.07, 6.45) is 34.2. The van der Waals surface area contributed by atoms with Gasteiger partial charge in [0.05, 0.1) is 6.61 Å². The molecule has 0 atom stereocenters. The highest BCUT2D eigenvalue weighted by Gasteiger charge is 2.03. The fourth-order valence-electron chi connectivity index (χ4n) is 4.96. The van der Waals surface area contributed by atoms with Gasteiger partial charge in [0.2, 0.25) is 0 Å². The van der Waals surface area contributed by atoms with Crippen molar-refractivity contribution in [2.24, 2.45) is 5.92 Å². The van der Waals surface area contributed by atoms with E-state index in [0.717, 1.165) is 31.6 Å². The number of hydrogen-bond acceptors (Lipinski definition) is 3. The van der Waals surface area contributed by atoms with Crippen LogP contribution in [0.25, 0.3) is 0 Å². The van der Waals surface area contributed by atoms with E-state index in [4.69, 9.17) is 9.84 Å². The largest absolute Gasteiger partial charge is 0.481 e. The monoisotopic (exact) mass is 569 g/mol. The summed E-state index contributed by atoms with van der Waals surface area (Å²) in [5, 5.41) is 8.49. The average Bonchev–Trinajstić information content (AvgIpc) is 2.92. The number of carboxylic acid groups (broad SMARTS) is 1. The van der Waals surface area contributed by atoms with Crippen molar-refractivity contribution in [3.8, 4) is 0 Å². The summed E-state index contributed by atoms with van der Waals surface area (Å²) in [5.74, 6) is 0.138. The number of ether oxygens (including phenoxy) is 1. The summed E-state index contributed by atoms with van der Waals surface area (Å²) in [4.78, 5) is 21.9. The molecule has 0 bridgehead atoms. The van der Waals surface area contributed by atoms with Crippen molar-refractivity contribution in [2.75, 3.05) is 6.61 Å². The van der Waals surface area contributed by atoms with Crippen molar-refractivity contribution in [1.29, 1.82) is 0 Å². The van der Waals surface area contributed by atoms with Crippen molar-refractivity contribution >= 4 is 11.9 Å². The number of carbonyl (C=O) groups excluding carboxylic acids is 1. The minimum atomic E-state index is -0.655. The summed E-state index contributed by atoms with van der Waals surface area (Å²) < 4.78 is 5.28. The quantitative estimate of drug-likeness (QED) is 0.0691. The molecular weight excluding hydrogens is 496 g/mol. The topological polar surface area (TPSA) is 63.6 Å². The Morgan fingerprint density at radius 3 is 1.23 bits per heavy atom. The lowest BCUT2D eigenvalue weighted by Crippen LogP contribution is -2.05. The number of aliphatic carboxylic acids is 1. The molecule has 4 nitrogen and oxygen atoms in total. The Balaban J connectivity index is 0. The second-order valence-corrected chi connectivity index (χ2v) is 12.4. The molecule has 0 aromatic carbocycles. The van der Waals surface area contributed by atoms with Crippen LogP contribution in [-0.4, -0.2) is 23.7 Å². The zero-order chi connectivity index (χ0) is 29.9. The van der Waals surface area contributed by atoms with Crippen LogP contribution in [-0.2, 0) is 14.3 Å². The number of rotatable bonds is 30. The molecule has 0 amide bonds. The van der Waals surface area contributed by atoms with Crippen LogP contribution in [0.3, 0.4) is 0 Å². The molecule has 40 heavy (non-hydrogen) atoms. The van der Waals surface area contributed by atoms with E-state index in [-0.39, 0.29) is 5.97 Å². The minimum absolute atomic E-state index is 0.00630. The molecule has 0 fully saturated rings. The van der Waals surface area contributed by atoms with Gasteiger partial charge < -0.3 is 9.84 Å². The Hall–Kier alpha value is -1.06. The van der Waals surface area contributed by atoms with Crippen LogP contribution < -0.4 is 0 Å². The summed E-state index contributed by atoms with van der Waals surface area (Å²) >= 11 is 0. The minimum Gasteiger partial charge on any atom is -0.481 e. The van der Waals surface area contributed by atoms with Crippen LogP contribution in [0.5, 0.6) is 0 Å². The van der Waals surface area contributed by atoms with Crippen LogP contribution >= 0.6 is 0 Å². The Morgan fingerprint density at radius 1 is 0.500 bits per heavy atom. The lowest BCUT2D eigenvalue weighted by molar-refractivity contribution is -0.144. The third-order valence-corrected chi connectivity index (χ3v) is 7.67. The molecule has 0 spiro atoms. The zero-order valence-electron chi connectivity index (χ0n) is 27.8. The van der Waals surface area contributed by atoms with E-state index in [1.807, 2.05) is 0 Å². The molecule has 240 valence electrons. The molecule has 0 rings (SSSR count). The Labute approximate surface area is 251 Å². The molecular formula is C36H72O4. The number of carboxylic acids is 1. The van der Waals surface area contributed by atoms with Crippen molar-refractivity contribution in [3.63, 3.8) is 0 Å². The van der Waals surface area contributed by atoms with Gasteiger partial charge in [-0.05, 0) is 25.2 Å². The van der Waals surface area contributed by atoms with Gasteiger partial charge in [-0.15, -0.1) is 0 Å². The maximum absolute atomic E-state index is 11.6. The van der Waals surface area contributed by atoms with Crippen molar-refractivity contribution in [1.82, 2.24) is 0 Å². The van der Waals surface area contributed by atoms with Crippen LogP contribution in [0.2, 0.25) is 0 Å². The molecule has 0 saturated carbocycles. The van der Waals surface area contributed by atoms with Gasteiger partial charge in [-0.25, -0.2) is 0 Å². The first kappa shape index (κ1) is 41.1. The van der Waals surface area contributed by atoms with E-state index < -0.39 is 5.97 Å². The zero-order valence-corrected chi connectivity index (χ0v) is 27.8. The molecule has 0 radical (unpaired) electrons. The summed E-state index contributed by atoms with van der Waals surface area (Å²) in [6, 6.07) is 0. The maximum atomic E-state index is 11.6. The first-order chi connectivity index (χ1) is 19.4. The first-order valence-corrected chi connectivity index (χ1v) is 17.8. The maximum Gasteiger partial charge on any atom is 0.305 e. The van der Waals surface area contributed by atoms with Crippen molar-refractivity contribution < 1.29 is 19.4 Å². The molecule has 0 saturated heterocycles. The Kier molecular flexibility index (Phi) is 36.9. The fourth-order valence-corrected chi connectivity index (χ4v) is 4.96. The van der Waals surface area contributed by atoms with E-state index in [2.05, 4.69) is 27.7 Å². The van der Waals surface area contributed by atoms with Gasteiger partial charge in [0.15, 0.2) is 0 Å². The van der Waals surface area contributed by atoms with Crippen LogP contribution in [0, 0.1) is 5.92 Å². The van der Waals surface area contributed by atoms with Crippen molar-refractivity contribution in [3.05, 3.63) is 0 Å². The predicted molar refractivity (Wildman–Crippen MR) is 174 cm³/mol. The van der Waals surface area contributed by atoms with Crippen LogP contribution in [0.15, 0.2) is 0 Å². The predicted octanol–water partition coefficient (Wildman–Crippen LogP) is 12.2. The highest BCUT2D eigenvalue weighted by Crippen LogP contribution is 2.13. The van der Waals surface area contributed by atoms with Gasteiger partial charge in [0.25, 0.3) is 0 Å². The third kappa shape index (κ3) is 41.4. The number of carbonyl (C=O) groups is 2. The van der Waals surface area contributed by atoms with E-state index in [1.54, 1.807) is 0 Å². The molecule has 0 aromatic heterocycles. The van der Waals surface area contributed by atoms with Crippen LogP contribution in [0.1, 0.15) is 207 Å². The van der Waals surface area contributed by atoms with E-state index in [1.165, 1.54) is 141 Å². The Morgan fingerprint density at radius 2 is 0.850 bits per heavy atom. The number of unbranched alkanes of at least 4 members (excludes halogenated alkanes) is 22. The average molecular weight is 569 g/mol. The molecule has 4 heteroatoms. The highest BCUT2D eigenvalue weighted by atomic mass is 16.5. The summed E-state index contributed by atoms with van der Waals surface area (Å²) in [7, 11) is 0. The third-order valence-electron chi connectivity index (χ3n) is 7.67. The molecule has 0 aliphatic rings. The van der Waals surface area contributed by atoms with Gasteiger partial charge >= 0.3 is 11.9 Å². The number of hydrogen-bond donors (Lipinski definition) is 1. The summed E-state index contributed by atoms with van der Waals surface area (Å²) in [6.45, 7) is 9.64.